The lowest BCUT2D eigenvalue weighted by molar-refractivity contribution is 0.174. The summed E-state index contributed by atoms with van der Waals surface area (Å²) in [6, 6.07) is 14.1. The van der Waals surface area contributed by atoms with Gasteiger partial charge in [-0.1, -0.05) is 42.0 Å². The van der Waals surface area contributed by atoms with Crippen LogP contribution in [0.2, 0.25) is 0 Å². The molecular weight excluding hydrogens is 236 g/mol. The van der Waals surface area contributed by atoms with Gasteiger partial charge in [-0.25, -0.2) is 0 Å². The zero-order chi connectivity index (χ0) is 13.8. The highest BCUT2D eigenvalue weighted by atomic mass is 16.5. The first-order valence-corrected chi connectivity index (χ1v) is 6.48. The molecule has 2 aromatic rings. The molecule has 0 spiro atoms. The van der Waals surface area contributed by atoms with Gasteiger partial charge in [0.2, 0.25) is 0 Å². The number of hydrogen-bond acceptors (Lipinski definition) is 2. The number of ether oxygens (including phenoxy) is 1. The quantitative estimate of drug-likeness (QED) is 0.906. The van der Waals surface area contributed by atoms with E-state index in [-0.39, 0.29) is 0 Å². The van der Waals surface area contributed by atoms with Gasteiger partial charge in [-0.2, -0.15) is 0 Å². The fourth-order valence-corrected chi connectivity index (χ4v) is 2.27. The molecule has 0 amide bonds. The van der Waals surface area contributed by atoms with Crippen LogP contribution in [0.3, 0.4) is 0 Å². The van der Waals surface area contributed by atoms with Crippen LogP contribution < -0.4 is 4.74 Å². The van der Waals surface area contributed by atoms with Gasteiger partial charge < -0.3 is 9.84 Å². The second kappa shape index (κ2) is 5.89. The molecule has 0 aromatic heterocycles. The van der Waals surface area contributed by atoms with Crippen molar-refractivity contribution in [2.24, 2.45) is 0 Å². The molecule has 100 valence electrons. The van der Waals surface area contributed by atoms with E-state index < -0.39 is 6.10 Å². The number of rotatable bonds is 4. The normalized spacial score (nSPS) is 12.2. The molecule has 19 heavy (non-hydrogen) atoms. The van der Waals surface area contributed by atoms with Gasteiger partial charge in [-0.15, -0.1) is 0 Å². The van der Waals surface area contributed by atoms with E-state index in [9.17, 15) is 5.11 Å². The first kappa shape index (κ1) is 13.6. The summed E-state index contributed by atoms with van der Waals surface area (Å²) in [5, 5.41) is 10.4. The smallest absolute Gasteiger partial charge is 0.124 e. The summed E-state index contributed by atoms with van der Waals surface area (Å²) in [6.07, 6.45) is 0.0542. The van der Waals surface area contributed by atoms with Crippen LogP contribution in [0.1, 0.15) is 28.4 Å². The molecule has 0 aliphatic carbocycles. The predicted octanol–water partition coefficient (Wildman–Crippen LogP) is 3.59. The maximum absolute atomic E-state index is 10.4. The van der Waals surface area contributed by atoms with Crippen LogP contribution in [-0.4, -0.2) is 12.2 Å². The number of aliphatic hydroxyl groups is 1. The molecule has 2 nitrogen and oxygen atoms in total. The Hall–Kier alpha value is -1.80. The van der Waals surface area contributed by atoms with Crippen molar-refractivity contribution in [2.75, 3.05) is 7.11 Å². The minimum atomic E-state index is -0.544. The van der Waals surface area contributed by atoms with Crippen molar-refractivity contribution in [1.82, 2.24) is 0 Å². The van der Waals surface area contributed by atoms with Crippen molar-refractivity contribution in [3.05, 3.63) is 64.7 Å². The average Bonchev–Trinajstić information content (AvgIpc) is 2.38. The summed E-state index contributed by atoms with van der Waals surface area (Å²) in [7, 11) is 1.64. The molecule has 0 aliphatic heterocycles. The van der Waals surface area contributed by atoms with E-state index in [1.54, 1.807) is 7.11 Å². The van der Waals surface area contributed by atoms with Gasteiger partial charge in [0.25, 0.3) is 0 Å². The Bertz CT molecular complexity index is 561. The molecule has 0 saturated carbocycles. The second-order valence-corrected chi connectivity index (χ2v) is 4.95. The first-order valence-electron chi connectivity index (χ1n) is 6.48. The summed E-state index contributed by atoms with van der Waals surface area (Å²) in [6.45, 7) is 4.07. The zero-order valence-electron chi connectivity index (χ0n) is 11.7. The molecule has 0 heterocycles. The Balaban J connectivity index is 2.22. The van der Waals surface area contributed by atoms with Gasteiger partial charge in [0.05, 0.1) is 13.2 Å². The van der Waals surface area contributed by atoms with Crippen LogP contribution in [0.25, 0.3) is 0 Å². The third-order valence-corrected chi connectivity index (χ3v) is 3.26. The lowest BCUT2D eigenvalue weighted by Crippen LogP contribution is -2.04. The van der Waals surface area contributed by atoms with E-state index >= 15 is 0 Å². The number of aliphatic hydroxyl groups excluding tert-OH is 1. The Kier molecular flexibility index (Phi) is 4.23. The number of aryl methyl sites for hydroxylation is 2. The Labute approximate surface area is 114 Å². The largest absolute Gasteiger partial charge is 0.496 e. The van der Waals surface area contributed by atoms with Gasteiger partial charge in [0.15, 0.2) is 0 Å². The molecule has 0 aliphatic rings. The molecule has 1 N–H and O–H groups in total. The Morgan fingerprint density at radius 2 is 1.79 bits per heavy atom. The SMILES string of the molecule is COc1cc(C)ccc1C(O)Cc1cccc(C)c1. The molecule has 2 rings (SSSR count). The molecule has 1 atom stereocenters. The van der Waals surface area contributed by atoms with E-state index in [0.717, 1.165) is 22.4 Å². The van der Waals surface area contributed by atoms with Crippen molar-refractivity contribution in [3.8, 4) is 5.75 Å². The Morgan fingerprint density at radius 1 is 1.05 bits per heavy atom. The summed E-state index contributed by atoms with van der Waals surface area (Å²) >= 11 is 0. The first-order chi connectivity index (χ1) is 9.10. The summed E-state index contributed by atoms with van der Waals surface area (Å²) < 4.78 is 5.35. The van der Waals surface area contributed by atoms with Crippen LogP contribution >= 0.6 is 0 Å². The summed E-state index contributed by atoms with van der Waals surface area (Å²) in [4.78, 5) is 0. The zero-order valence-corrected chi connectivity index (χ0v) is 11.7. The number of benzene rings is 2. The fraction of sp³-hybridized carbons (Fsp3) is 0.294. The van der Waals surface area contributed by atoms with Gasteiger partial charge >= 0.3 is 0 Å². The summed E-state index contributed by atoms with van der Waals surface area (Å²) in [5.41, 5.74) is 4.31. The van der Waals surface area contributed by atoms with Gasteiger partial charge in [0.1, 0.15) is 5.75 Å². The Morgan fingerprint density at radius 3 is 2.47 bits per heavy atom. The van der Waals surface area contributed by atoms with Crippen LogP contribution in [0.4, 0.5) is 0 Å². The fourth-order valence-electron chi connectivity index (χ4n) is 2.27. The van der Waals surface area contributed by atoms with Crippen LogP contribution in [0, 0.1) is 13.8 Å². The highest BCUT2D eigenvalue weighted by molar-refractivity contribution is 5.39. The highest BCUT2D eigenvalue weighted by Gasteiger charge is 2.14. The van der Waals surface area contributed by atoms with E-state index in [0.29, 0.717) is 6.42 Å². The molecule has 2 heteroatoms. The molecule has 0 bridgehead atoms. The van der Waals surface area contributed by atoms with Crippen LogP contribution in [0.5, 0.6) is 5.75 Å². The number of hydrogen-bond donors (Lipinski definition) is 1. The topological polar surface area (TPSA) is 29.5 Å². The van der Waals surface area contributed by atoms with Gasteiger partial charge in [-0.05, 0) is 31.0 Å². The van der Waals surface area contributed by atoms with Crippen molar-refractivity contribution in [1.29, 1.82) is 0 Å². The van der Waals surface area contributed by atoms with E-state index in [1.807, 2.05) is 37.3 Å². The van der Waals surface area contributed by atoms with Crippen LogP contribution in [-0.2, 0) is 6.42 Å². The van der Waals surface area contributed by atoms with Crippen molar-refractivity contribution >= 4 is 0 Å². The van der Waals surface area contributed by atoms with Gasteiger partial charge in [-0.3, -0.25) is 0 Å². The highest BCUT2D eigenvalue weighted by Crippen LogP contribution is 2.28. The molecule has 0 fully saturated rings. The predicted molar refractivity (Wildman–Crippen MR) is 77.6 cm³/mol. The summed E-state index contributed by atoms with van der Waals surface area (Å²) in [5.74, 6) is 0.750. The second-order valence-electron chi connectivity index (χ2n) is 4.95. The van der Waals surface area contributed by atoms with Crippen LogP contribution in [0.15, 0.2) is 42.5 Å². The van der Waals surface area contributed by atoms with E-state index in [4.69, 9.17) is 4.74 Å². The maximum atomic E-state index is 10.4. The number of methoxy groups -OCH3 is 1. The molecule has 2 aromatic carbocycles. The third-order valence-electron chi connectivity index (χ3n) is 3.26. The van der Waals surface area contributed by atoms with Crippen molar-refractivity contribution in [2.45, 2.75) is 26.4 Å². The van der Waals surface area contributed by atoms with E-state index in [2.05, 4.69) is 19.1 Å². The average molecular weight is 256 g/mol. The standard InChI is InChI=1S/C17H20O2/c1-12-5-4-6-14(9-12)11-16(18)15-8-7-13(2)10-17(15)19-3/h4-10,16,18H,11H2,1-3H3. The lowest BCUT2D eigenvalue weighted by atomic mass is 9.98. The molecule has 1 unspecified atom stereocenters. The maximum Gasteiger partial charge on any atom is 0.124 e. The lowest BCUT2D eigenvalue weighted by Gasteiger charge is -2.15. The van der Waals surface area contributed by atoms with Crippen molar-refractivity contribution < 1.29 is 9.84 Å². The van der Waals surface area contributed by atoms with Crippen molar-refractivity contribution in [3.63, 3.8) is 0 Å². The molecular formula is C17H20O2. The monoisotopic (exact) mass is 256 g/mol. The minimum Gasteiger partial charge on any atom is -0.496 e. The third kappa shape index (κ3) is 3.36. The molecule has 0 radical (unpaired) electrons. The molecule has 0 saturated heterocycles. The van der Waals surface area contributed by atoms with E-state index in [1.165, 1.54) is 5.56 Å². The minimum absolute atomic E-state index is 0.544. The van der Waals surface area contributed by atoms with Gasteiger partial charge in [0, 0.05) is 12.0 Å².